The standard InChI is InChI=1S/C31H32N4O3/c1-5-6-15-27-32-24-17-16-20(18-25(24)33-27)29-31(2,3)19-28(36)35(34-29)26-14-10-9-12-22(26)21-11-7-8-13-23(21)30(37)38-4/h7-14,16-18H,5-6,15,19H2,1-4H3,(H,32,33). The number of unbranched alkanes of at least 4 members (excludes halogenated alkanes) is 1. The van der Waals surface area contributed by atoms with Crippen LogP contribution >= 0.6 is 0 Å². The van der Waals surface area contributed by atoms with Crippen molar-refractivity contribution < 1.29 is 14.3 Å². The number of nitrogens with one attached hydrogen (secondary N) is 1. The number of imidazole rings is 1. The zero-order chi connectivity index (χ0) is 26.9. The maximum absolute atomic E-state index is 13.5. The quantitative estimate of drug-likeness (QED) is 0.288. The molecule has 0 spiro atoms. The van der Waals surface area contributed by atoms with Gasteiger partial charge in [0.1, 0.15) is 5.82 Å². The molecule has 7 heteroatoms. The largest absolute Gasteiger partial charge is 0.465 e. The number of fused-ring (bicyclic) bond motifs is 1. The summed E-state index contributed by atoms with van der Waals surface area (Å²) in [5, 5.41) is 6.43. The van der Waals surface area contributed by atoms with Crippen molar-refractivity contribution in [2.45, 2.75) is 46.5 Å². The van der Waals surface area contributed by atoms with Gasteiger partial charge >= 0.3 is 5.97 Å². The number of aryl methyl sites for hydroxylation is 1. The smallest absolute Gasteiger partial charge is 0.338 e. The zero-order valence-corrected chi connectivity index (χ0v) is 22.2. The maximum atomic E-state index is 13.5. The molecule has 5 rings (SSSR count). The molecule has 1 N–H and O–H groups in total. The Bertz CT molecular complexity index is 1550. The minimum absolute atomic E-state index is 0.105. The van der Waals surface area contributed by atoms with Crippen LogP contribution < -0.4 is 5.01 Å². The van der Waals surface area contributed by atoms with E-state index in [9.17, 15) is 9.59 Å². The van der Waals surface area contributed by atoms with Crippen LogP contribution in [-0.2, 0) is 16.0 Å². The average Bonchev–Trinajstić information content (AvgIpc) is 3.33. The molecular formula is C31H32N4O3. The van der Waals surface area contributed by atoms with Gasteiger partial charge in [-0.25, -0.2) is 9.78 Å². The molecule has 3 aromatic carbocycles. The number of hydrazone groups is 1. The van der Waals surface area contributed by atoms with Gasteiger partial charge in [0.15, 0.2) is 0 Å². The molecule has 1 amide bonds. The SMILES string of the molecule is CCCCc1nc2ccc(C3=NN(c4ccccc4-c4ccccc4C(=O)OC)C(=O)CC3(C)C)cc2[nH]1. The molecule has 1 aromatic heterocycles. The molecule has 0 unspecified atom stereocenters. The van der Waals surface area contributed by atoms with Gasteiger partial charge in [-0.2, -0.15) is 10.1 Å². The molecule has 1 aliphatic rings. The number of para-hydroxylation sites is 1. The van der Waals surface area contributed by atoms with Crippen LogP contribution in [0.4, 0.5) is 5.69 Å². The Labute approximate surface area is 222 Å². The van der Waals surface area contributed by atoms with Crippen LogP contribution in [-0.4, -0.2) is 34.7 Å². The number of hydrogen-bond donors (Lipinski definition) is 1. The van der Waals surface area contributed by atoms with Gasteiger partial charge in [-0.1, -0.05) is 69.7 Å². The molecule has 1 aliphatic heterocycles. The predicted molar refractivity (Wildman–Crippen MR) is 150 cm³/mol. The second kappa shape index (κ2) is 10.2. The van der Waals surface area contributed by atoms with E-state index in [1.54, 1.807) is 12.1 Å². The molecule has 0 atom stereocenters. The van der Waals surface area contributed by atoms with E-state index in [1.165, 1.54) is 12.1 Å². The molecule has 194 valence electrons. The number of amides is 1. The normalized spacial score (nSPS) is 15.0. The summed E-state index contributed by atoms with van der Waals surface area (Å²) in [6.07, 6.45) is 3.41. The molecule has 2 heterocycles. The molecule has 0 saturated carbocycles. The molecule has 0 radical (unpaired) electrons. The second-order valence-corrected chi connectivity index (χ2v) is 10.3. The molecule has 0 bridgehead atoms. The van der Waals surface area contributed by atoms with Crippen LogP contribution in [0.15, 0.2) is 71.8 Å². The summed E-state index contributed by atoms with van der Waals surface area (Å²) in [6.45, 7) is 6.26. The van der Waals surface area contributed by atoms with Gasteiger partial charge < -0.3 is 9.72 Å². The highest BCUT2D eigenvalue weighted by Gasteiger charge is 2.38. The monoisotopic (exact) mass is 508 g/mol. The number of hydrogen-bond acceptors (Lipinski definition) is 5. The highest BCUT2D eigenvalue weighted by Crippen LogP contribution is 2.39. The van der Waals surface area contributed by atoms with Crippen LogP contribution in [0.5, 0.6) is 0 Å². The number of carbonyl (C=O) groups excluding carboxylic acids is 2. The van der Waals surface area contributed by atoms with Gasteiger partial charge in [-0.3, -0.25) is 4.79 Å². The number of esters is 1. The van der Waals surface area contributed by atoms with Crippen LogP contribution in [0.2, 0.25) is 0 Å². The summed E-state index contributed by atoms with van der Waals surface area (Å²) >= 11 is 0. The Morgan fingerprint density at radius 3 is 2.55 bits per heavy atom. The lowest BCUT2D eigenvalue weighted by molar-refractivity contribution is -0.120. The Kier molecular flexibility index (Phi) is 6.85. The molecule has 7 nitrogen and oxygen atoms in total. The number of anilines is 1. The Hall–Kier alpha value is -4.26. The van der Waals surface area contributed by atoms with E-state index in [1.807, 2.05) is 62.4 Å². The van der Waals surface area contributed by atoms with E-state index in [-0.39, 0.29) is 5.91 Å². The third-order valence-electron chi connectivity index (χ3n) is 7.00. The summed E-state index contributed by atoms with van der Waals surface area (Å²) in [4.78, 5) is 34.2. The summed E-state index contributed by atoms with van der Waals surface area (Å²) in [7, 11) is 1.36. The van der Waals surface area contributed by atoms with Gasteiger partial charge in [0.2, 0.25) is 5.91 Å². The first kappa shape index (κ1) is 25.4. The van der Waals surface area contributed by atoms with Crippen LogP contribution in [0.25, 0.3) is 22.2 Å². The van der Waals surface area contributed by atoms with Gasteiger partial charge in [0.25, 0.3) is 0 Å². The average molecular weight is 509 g/mol. The van der Waals surface area contributed by atoms with Crippen molar-refractivity contribution in [2.24, 2.45) is 10.5 Å². The lowest BCUT2D eigenvalue weighted by Crippen LogP contribution is -2.42. The van der Waals surface area contributed by atoms with Crippen molar-refractivity contribution in [3.8, 4) is 11.1 Å². The van der Waals surface area contributed by atoms with E-state index in [2.05, 4.69) is 18.0 Å². The number of benzene rings is 3. The van der Waals surface area contributed by atoms with Gasteiger partial charge in [0.05, 0.1) is 35.1 Å². The third kappa shape index (κ3) is 4.72. The lowest BCUT2D eigenvalue weighted by Gasteiger charge is -2.35. The molecular weight excluding hydrogens is 476 g/mol. The first-order valence-electron chi connectivity index (χ1n) is 13.0. The fourth-order valence-electron chi connectivity index (χ4n) is 5.03. The first-order chi connectivity index (χ1) is 18.3. The van der Waals surface area contributed by atoms with E-state index in [0.717, 1.165) is 53.0 Å². The Morgan fingerprint density at radius 1 is 1.05 bits per heavy atom. The van der Waals surface area contributed by atoms with E-state index < -0.39 is 11.4 Å². The van der Waals surface area contributed by atoms with Crippen LogP contribution in [0, 0.1) is 5.41 Å². The highest BCUT2D eigenvalue weighted by molar-refractivity contribution is 6.14. The number of carbonyl (C=O) groups is 2. The number of aromatic amines is 1. The van der Waals surface area contributed by atoms with Crippen molar-refractivity contribution in [2.75, 3.05) is 12.1 Å². The fraction of sp³-hybridized carbons (Fsp3) is 0.290. The van der Waals surface area contributed by atoms with Crippen LogP contribution in [0.1, 0.15) is 61.8 Å². The molecule has 38 heavy (non-hydrogen) atoms. The summed E-state index contributed by atoms with van der Waals surface area (Å²) in [5.74, 6) is 0.446. The van der Waals surface area contributed by atoms with Crippen molar-refractivity contribution >= 4 is 34.3 Å². The number of aromatic nitrogens is 2. The number of H-pyrrole nitrogens is 1. The fourth-order valence-corrected chi connectivity index (χ4v) is 5.03. The van der Waals surface area contributed by atoms with Crippen molar-refractivity contribution in [1.82, 2.24) is 9.97 Å². The summed E-state index contributed by atoms with van der Waals surface area (Å²) in [6, 6.07) is 20.9. The van der Waals surface area contributed by atoms with Crippen molar-refractivity contribution in [3.05, 3.63) is 83.7 Å². The molecule has 0 fully saturated rings. The third-order valence-corrected chi connectivity index (χ3v) is 7.00. The van der Waals surface area contributed by atoms with Gasteiger partial charge in [-0.15, -0.1) is 0 Å². The minimum atomic E-state index is -0.467. The number of rotatable bonds is 7. The number of methoxy groups -OCH3 is 1. The maximum Gasteiger partial charge on any atom is 0.338 e. The van der Waals surface area contributed by atoms with E-state index in [4.69, 9.17) is 14.8 Å². The predicted octanol–water partition coefficient (Wildman–Crippen LogP) is 6.53. The topological polar surface area (TPSA) is 87.7 Å². The Morgan fingerprint density at radius 2 is 1.79 bits per heavy atom. The van der Waals surface area contributed by atoms with Crippen molar-refractivity contribution in [3.63, 3.8) is 0 Å². The Balaban J connectivity index is 1.61. The van der Waals surface area contributed by atoms with E-state index in [0.29, 0.717) is 23.2 Å². The van der Waals surface area contributed by atoms with Gasteiger partial charge in [-0.05, 0) is 36.2 Å². The zero-order valence-electron chi connectivity index (χ0n) is 22.2. The minimum Gasteiger partial charge on any atom is -0.465 e. The summed E-state index contributed by atoms with van der Waals surface area (Å²) < 4.78 is 5.01. The van der Waals surface area contributed by atoms with Crippen molar-refractivity contribution in [1.29, 1.82) is 0 Å². The molecule has 0 saturated heterocycles. The van der Waals surface area contributed by atoms with E-state index >= 15 is 0 Å². The molecule has 4 aromatic rings. The molecule has 0 aliphatic carbocycles. The second-order valence-electron chi connectivity index (χ2n) is 10.3. The number of ether oxygens (including phenoxy) is 1. The first-order valence-corrected chi connectivity index (χ1v) is 13.0. The lowest BCUT2D eigenvalue weighted by atomic mass is 9.79. The highest BCUT2D eigenvalue weighted by atomic mass is 16.5. The number of nitrogens with zero attached hydrogens (tertiary/aromatic N) is 3. The van der Waals surface area contributed by atoms with Crippen LogP contribution in [0.3, 0.4) is 0 Å². The summed E-state index contributed by atoms with van der Waals surface area (Å²) in [5.41, 5.74) is 5.64. The van der Waals surface area contributed by atoms with Gasteiger partial charge in [0, 0.05) is 29.4 Å².